The number of nitrogens with one attached hydrogen (secondary N) is 1. The van der Waals surface area contributed by atoms with Crippen LogP contribution in [0.3, 0.4) is 0 Å². The predicted octanol–water partition coefficient (Wildman–Crippen LogP) is 4.80. The third-order valence-corrected chi connectivity index (χ3v) is 6.10. The van der Waals surface area contributed by atoms with Crippen LogP contribution in [-0.4, -0.2) is 47.9 Å². The summed E-state index contributed by atoms with van der Waals surface area (Å²) in [5.74, 6) is 0.0247. The number of rotatable bonds is 7. The first-order valence-corrected chi connectivity index (χ1v) is 11.7. The van der Waals surface area contributed by atoms with E-state index in [1.165, 1.54) is 24.1 Å². The zero-order valence-electron chi connectivity index (χ0n) is 20.3. The summed E-state index contributed by atoms with van der Waals surface area (Å²) in [5.41, 5.74) is 6.47. The highest BCUT2D eigenvalue weighted by molar-refractivity contribution is 6.07. The number of aliphatic imine (C=N–C) groups is 1. The second-order valence-corrected chi connectivity index (χ2v) is 8.17. The van der Waals surface area contributed by atoms with E-state index in [-0.39, 0.29) is 5.91 Å². The third kappa shape index (κ3) is 6.42. The number of benzene rings is 1. The van der Waals surface area contributed by atoms with Gasteiger partial charge in [-0.1, -0.05) is 50.3 Å². The minimum absolute atomic E-state index is 0.0247. The molecule has 0 aliphatic carbocycles. The Kier molecular flexibility index (Phi) is 10.4. The van der Waals surface area contributed by atoms with Crippen LogP contribution in [0.15, 0.2) is 69.9 Å². The molecule has 1 aromatic carbocycles. The highest BCUT2D eigenvalue weighted by Crippen LogP contribution is 2.28. The number of hydrogen-bond donors (Lipinski definition) is 2. The van der Waals surface area contributed by atoms with Gasteiger partial charge in [0.1, 0.15) is 0 Å². The second kappa shape index (κ2) is 13.0. The second-order valence-electron chi connectivity index (χ2n) is 8.17. The van der Waals surface area contributed by atoms with Crippen LogP contribution in [0, 0.1) is 0 Å². The minimum Gasteiger partial charge on any atom is -0.400 e. The molecule has 5 heteroatoms. The summed E-state index contributed by atoms with van der Waals surface area (Å²) in [7, 11) is 1.00. The molecule has 1 amide bonds. The molecule has 1 atom stereocenters. The normalized spacial score (nSPS) is 22.1. The topological polar surface area (TPSA) is 64.9 Å². The van der Waals surface area contributed by atoms with Crippen molar-refractivity contribution in [2.45, 2.75) is 66.0 Å². The van der Waals surface area contributed by atoms with Gasteiger partial charge in [-0.05, 0) is 62.3 Å². The third-order valence-electron chi connectivity index (χ3n) is 6.10. The molecule has 32 heavy (non-hydrogen) atoms. The van der Waals surface area contributed by atoms with E-state index >= 15 is 0 Å². The standard InChI is InChI=1S/C26H35N3O.CH4O/c1-5-11-22(29-15-10-12-19(29)3)16-23-24(18-28-26(23)30)20(4)25(6-2)27-17-21-13-8-7-9-14-21;1-2/h7-9,11,13-14,16,19H,5-6,10,12,15,17-18H2,1-4H3,(H,28,30);2H,1H3/b22-11-,23-16+,24-20+,27-25?;. The average Bonchev–Trinajstić information content (AvgIpc) is 3.41. The van der Waals surface area contributed by atoms with Crippen molar-refractivity contribution in [3.63, 3.8) is 0 Å². The van der Waals surface area contributed by atoms with Gasteiger partial charge in [-0.2, -0.15) is 0 Å². The average molecular weight is 438 g/mol. The van der Waals surface area contributed by atoms with Gasteiger partial charge in [0.05, 0.1) is 6.54 Å². The molecule has 0 radical (unpaired) electrons. The Morgan fingerprint density at radius 3 is 2.56 bits per heavy atom. The molecule has 2 aliphatic heterocycles. The fourth-order valence-corrected chi connectivity index (χ4v) is 4.36. The fourth-order valence-electron chi connectivity index (χ4n) is 4.36. The van der Waals surface area contributed by atoms with E-state index in [0.29, 0.717) is 19.1 Å². The first kappa shape index (κ1) is 25.6. The highest BCUT2D eigenvalue weighted by Gasteiger charge is 2.28. The van der Waals surface area contributed by atoms with Gasteiger partial charge in [0.25, 0.3) is 5.91 Å². The van der Waals surface area contributed by atoms with E-state index in [1.54, 1.807) is 0 Å². The van der Waals surface area contributed by atoms with E-state index in [0.717, 1.165) is 48.9 Å². The zero-order chi connectivity index (χ0) is 23.5. The number of likely N-dealkylation sites (tertiary alicyclic amines) is 1. The van der Waals surface area contributed by atoms with Gasteiger partial charge >= 0.3 is 0 Å². The molecule has 174 valence electrons. The van der Waals surface area contributed by atoms with Crippen LogP contribution < -0.4 is 5.32 Å². The molecule has 0 saturated carbocycles. The summed E-state index contributed by atoms with van der Waals surface area (Å²) in [6.45, 7) is 11.0. The first-order chi connectivity index (χ1) is 15.5. The number of allylic oxidation sites excluding steroid dienone is 3. The molecule has 1 unspecified atom stereocenters. The van der Waals surface area contributed by atoms with E-state index < -0.39 is 0 Å². The van der Waals surface area contributed by atoms with E-state index in [1.807, 2.05) is 18.2 Å². The lowest BCUT2D eigenvalue weighted by atomic mass is 9.97. The van der Waals surface area contributed by atoms with E-state index in [9.17, 15) is 4.79 Å². The summed E-state index contributed by atoms with van der Waals surface area (Å²) >= 11 is 0. The maximum absolute atomic E-state index is 12.7. The van der Waals surface area contributed by atoms with Gasteiger partial charge in [0.2, 0.25) is 0 Å². The minimum atomic E-state index is 0.0247. The number of carbonyl (C=O) groups is 1. The van der Waals surface area contributed by atoms with Gasteiger partial charge < -0.3 is 15.3 Å². The molecule has 2 N–H and O–H groups in total. The van der Waals surface area contributed by atoms with Crippen LogP contribution in [0.4, 0.5) is 0 Å². The SMILES string of the molecule is CC/C=C(/C=C1/C(=O)NC/C1=C(/C)C(CC)=NCc1ccccc1)N1CCCC1C.CO. The van der Waals surface area contributed by atoms with E-state index in [4.69, 9.17) is 10.1 Å². The lowest BCUT2D eigenvalue weighted by molar-refractivity contribution is -0.116. The molecular formula is C27H39N3O2. The fraction of sp³-hybridized carbons (Fsp3) is 0.481. The number of hydrogen-bond acceptors (Lipinski definition) is 4. The summed E-state index contributed by atoms with van der Waals surface area (Å²) < 4.78 is 0. The maximum atomic E-state index is 12.7. The molecule has 5 nitrogen and oxygen atoms in total. The van der Waals surface area contributed by atoms with Crippen LogP contribution in [0.2, 0.25) is 0 Å². The maximum Gasteiger partial charge on any atom is 0.251 e. The van der Waals surface area contributed by atoms with Crippen molar-refractivity contribution >= 4 is 11.6 Å². The monoisotopic (exact) mass is 437 g/mol. The summed E-state index contributed by atoms with van der Waals surface area (Å²) in [6.07, 6.45) is 8.59. The lowest BCUT2D eigenvalue weighted by Gasteiger charge is -2.25. The van der Waals surface area contributed by atoms with Gasteiger partial charge in [-0.25, -0.2) is 0 Å². The first-order valence-electron chi connectivity index (χ1n) is 11.7. The van der Waals surface area contributed by atoms with Crippen molar-refractivity contribution in [3.8, 4) is 0 Å². The Hall–Kier alpha value is -2.66. The van der Waals surface area contributed by atoms with Crippen molar-refractivity contribution in [1.29, 1.82) is 0 Å². The predicted molar refractivity (Wildman–Crippen MR) is 134 cm³/mol. The van der Waals surface area contributed by atoms with Crippen molar-refractivity contribution < 1.29 is 9.90 Å². The molecule has 2 heterocycles. The quantitative estimate of drug-likeness (QED) is 0.476. The molecule has 0 aromatic heterocycles. The van der Waals surface area contributed by atoms with Crippen molar-refractivity contribution in [2.24, 2.45) is 4.99 Å². The van der Waals surface area contributed by atoms with Crippen molar-refractivity contribution in [2.75, 3.05) is 20.2 Å². The molecule has 1 aromatic rings. The molecule has 0 bridgehead atoms. The Morgan fingerprint density at radius 2 is 1.97 bits per heavy atom. The van der Waals surface area contributed by atoms with Gasteiger partial charge in [0, 0.05) is 43.2 Å². The zero-order valence-corrected chi connectivity index (χ0v) is 20.3. The Bertz CT molecular complexity index is 881. The van der Waals surface area contributed by atoms with Crippen molar-refractivity contribution in [3.05, 3.63) is 70.5 Å². The van der Waals surface area contributed by atoms with Gasteiger partial charge in [0.15, 0.2) is 0 Å². The smallest absolute Gasteiger partial charge is 0.251 e. The summed E-state index contributed by atoms with van der Waals surface area (Å²) in [4.78, 5) is 20.0. The summed E-state index contributed by atoms with van der Waals surface area (Å²) in [6, 6.07) is 10.8. The highest BCUT2D eigenvalue weighted by atomic mass is 16.2. The number of aliphatic hydroxyl groups is 1. The van der Waals surface area contributed by atoms with Crippen LogP contribution in [-0.2, 0) is 11.3 Å². The molecule has 2 saturated heterocycles. The number of nitrogens with zero attached hydrogens (tertiary/aromatic N) is 2. The van der Waals surface area contributed by atoms with Gasteiger partial charge in [-0.3, -0.25) is 9.79 Å². The van der Waals surface area contributed by atoms with Crippen LogP contribution in [0.5, 0.6) is 0 Å². The summed E-state index contributed by atoms with van der Waals surface area (Å²) in [5, 5.41) is 10.0. The number of carbonyl (C=O) groups excluding carboxylic acids is 1. The molecular weight excluding hydrogens is 398 g/mol. The lowest BCUT2D eigenvalue weighted by Crippen LogP contribution is -2.26. The molecule has 0 spiro atoms. The van der Waals surface area contributed by atoms with E-state index in [2.05, 4.69) is 62.2 Å². The molecule has 2 aliphatic rings. The van der Waals surface area contributed by atoms with Crippen LogP contribution in [0.25, 0.3) is 0 Å². The number of aliphatic hydroxyl groups excluding tert-OH is 1. The van der Waals surface area contributed by atoms with Crippen LogP contribution >= 0.6 is 0 Å². The van der Waals surface area contributed by atoms with Gasteiger partial charge in [-0.15, -0.1) is 0 Å². The molecule has 3 rings (SSSR count). The Morgan fingerprint density at radius 1 is 1.25 bits per heavy atom. The van der Waals surface area contributed by atoms with Crippen LogP contribution in [0.1, 0.15) is 58.9 Å². The number of amides is 1. The Balaban J connectivity index is 0.00000176. The van der Waals surface area contributed by atoms with Crippen molar-refractivity contribution in [1.82, 2.24) is 10.2 Å². The Labute approximate surface area is 193 Å². The molecule has 2 fully saturated rings. The largest absolute Gasteiger partial charge is 0.400 e.